The molecule has 3 N–H and O–H groups in total. The van der Waals surface area contributed by atoms with Gasteiger partial charge in [0.1, 0.15) is 12.5 Å². The van der Waals surface area contributed by atoms with Crippen molar-refractivity contribution < 1.29 is 33.0 Å². The summed E-state index contributed by atoms with van der Waals surface area (Å²) in [4.78, 5) is 35.6. The summed E-state index contributed by atoms with van der Waals surface area (Å²) in [6.07, 6.45) is 1.70. The maximum Gasteiger partial charge on any atom is 0.407 e. The van der Waals surface area contributed by atoms with Crippen molar-refractivity contribution in [2.45, 2.75) is 30.7 Å². The van der Waals surface area contributed by atoms with Gasteiger partial charge in [-0.25, -0.2) is 13.6 Å². The molecule has 0 saturated heterocycles. The number of carbonyl (C=O) groups is 3. The highest BCUT2D eigenvalue weighted by Gasteiger charge is 2.72. The van der Waals surface area contributed by atoms with Gasteiger partial charge in [0, 0.05) is 24.1 Å². The second-order valence-corrected chi connectivity index (χ2v) is 9.14. The van der Waals surface area contributed by atoms with Crippen LogP contribution in [0.2, 0.25) is 0 Å². The van der Waals surface area contributed by atoms with E-state index in [-0.39, 0.29) is 25.0 Å². The maximum absolute atomic E-state index is 13.5. The minimum atomic E-state index is -3.31. The van der Waals surface area contributed by atoms with E-state index < -0.39 is 42.3 Å². The Balaban J connectivity index is 1.10. The van der Waals surface area contributed by atoms with Crippen LogP contribution in [0.1, 0.15) is 29.9 Å². The molecule has 3 aliphatic carbocycles. The summed E-state index contributed by atoms with van der Waals surface area (Å²) in [5, 5.41) is 14.0. The van der Waals surface area contributed by atoms with Crippen LogP contribution >= 0.6 is 0 Å². The summed E-state index contributed by atoms with van der Waals surface area (Å²) < 4.78 is 32.5. The number of ether oxygens (including phenoxy) is 1. The van der Waals surface area contributed by atoms with E-state index in [1.165, 1.54) is 0 Å². The van der Waals surface area contributed by atoms with Crippen LogP contribution in [-0.4, -0.2) is 48.2 Å². The third-order valence-corrected chi connectivity index (χ3v) is 7.02. The number of amides is 2. The van der Waals surface area contributed by atoms with Crippen LogP contribution in [-0.2, 0) is 14.3 Å². The van der Waals surface area contributed by atoms with E-state index in [0.29, 0.717) is 12.0 Å². The lowest BCUT2D eigenvalue weighted by Crippen LogP contribution is -2.35. The molecule has 9 heteroatoms. The monoisotopic (exact) mass is 482 g/mol. The predicted octanol–water partition coefficient (Wildman–Crippen LogP) is 3.70. The first-order valence-electron chi connectivity index (χ1n) is 11.5. The van der Waals surface area contributed by atoms with Gasteiger partial charge in [0.05, 0.1) is 5.92 Å². The van der Waals surface area contributed by atoms with Crippen molar-refractivity contribution in [3.63, 3.8) is 0 Å². The van der Waals surface area contributed by atoms with Gasteiger partial charge in [-0.1, -0.05) is 54.6 Å². The Kier molecular flexibility index (Phi) is 5.78. The van der Waals surface area contributed by atoms with E-state index in [1.807, 2.05) is 36.4 Å². The molecule has 182 valence electrons. The summed E-state index contributed by atoms with van der Waals surface area (Å²) in [5.41, 5.74) is 4.84. The summed E-state index contributed by atoms with van der Waals surface area (Å²) in [6, 6.07) is 15.7. The Morgan fingerprint density at radius 3 is 2.26 bits per heavy atom. The number of carboxylic acids is 1. The molecule has 2 amide bonds. The minimum Gasteiger partial charge on any atom is -0.481 e. The highest BCUT2D eigenvalue weighted by Crippen LogP contribution is 2.55. The van der Waals surface area contributed by atoms with Gasteiger partial charge in [-0.15, -0.1) is 0 Å². The number of benzene rings is 2. The lowest BCUT2D eigenvalue weighted by atomic mass is 9.98. The number of hydrogen-bond acceptors (Lipinski definition) is 4. The maximum atomic E-state index is 13.5. The molecule has 2 aromatic rings. The molecule has 1 fully saturated rings. The van der Waals surface area contributed by atoms with Gasteiger partial charge in [-0.05, 0) is 35.1 Å². The van der Waals surface area contributed by atoms with Crippen molar-refractivity contribution in [2.75, 3.05) is 13.2 Å². The first-order chi connectivity index (χ1) is 16.8. The second kappa shape index (κ2) is 8.79. The fraction of sp³-hybridized carbons (Fsp3) is 0.346. The van der Waals surface area contributed by atoms with E-state index in [4.69, 9.17) is 9.84 Å². The molecule has 3 atom stereocenters. The topological polar surface area (TPSA) is 105 Å². The summed E-state index contributed by atoms with van der Waals surface area (Å²) in [6.45, 7) is -0.238. The standard InChI is InChI=1S/C26H24F2N2O5/c27-26(28)21(22(26)24(32)33)12-29-23(31)14-9-10-15(11-14)30-25(34)35-13-20-18-7-3-1-5-16(18)17-6-2-4-8-19(17)20/h1-9,15,20-22H,10-13H2,(H,29,31)(H,30,34)(H,32,33)/t15?,21-,22-/m0/s1. The van der Waals surface area contributed by atoms with Gasteiger partial charge in [0.25, 0.3) is 5.92 Å². The molecule has 1 unspecified atom stereocenters. The lowest BCUT2D eigenvalue weighted by molar-refractivity contribution is -0.141. The van der Waals surface area contributed by atoms with Crippen LogP contribution in [0.4, 0.5) is 13.6 Å². The number of fused-ring (bicyclic) bond motifs is 3. The van der Waals surface area contributed by atoms with Crippen LogP contribution in [0.15, 0.2) is 60.2 Å². The quantitative estimate of drug-likeness (QED) is 0.558. The van der Waals surface area contributed by atoms with Crippen LogP contribution in [0.5, 0.6) is 0 Å². The normalized spacial score (nSPS) is 23.6. The molecular formula is C26H24F2N2O5. The van der Waals surface area contributed by atoms with Crippen molar-refractivity contribution in [1.29, 1.82) is 0 Å². The molecule has 0 spiro atoms. The zero-order valence-electron chi connectivity index (χ0n) is 18.7. The molecule has 0 aliphatic heterocycles. The molecule has 35 heavy (non-hydrogen) atoms. The summed E-state index contributed by atoms with van der Waals surface area (Å²) in [5.74, 6) is -8.64. The molecule has 5 rings (SSSR count). The van der Waals surface area contributed by atoms with Crippen molar-refractivity contribution in [2.24, 2.45) is 11.8 Å². The Labute approximate surface area is 200 Å². The van der Waals surface area contributed by atoms with E-state index in [9.17, 15) is 23.2 Å². The lowest BCUT2D eigenvalue weighted by Gasteiger charge is -2.17. The van der Waals surface area contributed by atoms with Gasteiger partial charge in [-0.2, -0.15) is 0 Å². The number of aliphatic carboxylic acids is 1. The average molecular weight is 482 g/mol. The van der Waals surface area contributed by atoms with Crippen molar-refractivity contribution in [3.05, 3.63) is 71.3 Å². The Morgan fingerprint density at radius 2 is 1.66 bits per heavy atom. The van der Waals surface area contributed by atoms with Gasteiger partial charge in [-0.3, -0.25) is 9.59 Å². The fourth-order valence-electron chi connectivity index (χ4n) is 5.12. The molecule has 0 aromatic heterocycles. The Bertz CT molecular complexity index is 1180. The first kappa shape index (κ1) is 23.0. The third kappa shape index (κ3) is 4.26. The predicted molar refractivity (Wildman–Crippen MR) is 122 cm³/mol. The number of carboxylic acid groups (broad SMARTS) is 1. The number of hydrogen-bond donors (Lipinski definition) is 3. The van der Waals surface area contributed by atoms with Crippen molar-refractivity contribution >= 4 is 18.0 Å². The van der Waals surface area contributed by atoms with Gasteiger partial charge in [0.15, 0.2) is 0 Å². The number of halogens is 2. The molecule has 7 nitrogen and oxygen atoms in total. The largest absolute Gasteiger partial charge is 0.481 e. The smallest absolute Gasteiger partial charge is 0.407 e. The molecule has 0 bridgehead atoms. The van der Waals surface area contributed by atoms with E-state index in [2.05, 4.69) is 22.8 Å². The van der Waals surface area contributed by atoms with Gasteiger partial charge < -0.3 is 20.5 Å². The molecule has 1 saturated carbocycles. The highest BCUT2D eigenvalue weighted by molar-refractivity contribution is 5.94. The van der Waals surface area contributed by atoms with E-state index in [0.717, 1.165) is 22.3 Å². The second-order valence-electron chi connectivity index (χ2n) is 9.14. The molecule has 3 aliphatic rings. The van der Waals surface area contributed by atoms with Crippen LogP contribution < -0.4 is 10.6 Å². The number of rotatable bonds is 7. The Hall–Kier alpha value is -3.75. The number of carbonyl (C=O) groups excluding carboxylic acids is 2. The molecule has 0 heterocycles. The summed E-state index contributed by atoms with van der Waals surface area (Å²) >= 11 is 0. The first-order valence-corrected chi connectivity index (χ1v) is 11.5. The summed E-state index contributed by atoms with van der Waals surface area (Å²) in [7, 11) is 0. The molecule has 2 aromatic carbocycles. The zero-order chi connectivity index (χ0) is 24.7. The fourth-order valence-corrected chi connectivity index (χ4v) is 5.12. The van der Waals surface area contributed by atoms with Crippen LogP contribution in [0.25, 0.3) is 11.1 Å². The van der Waals surface area contributed by atoms with Crippen LogP contribution in [0, 0.1) is 11.8 Å². The third-order valence-electron chi connectivity index (χ3n) is 7.02. The molecular weight excluding hydrogens is 458 g/mol. The minimum absolute atomic E-state index is 0.0635. The number of alkyl halides is 2. The van der Waals surface area contributed by atoms with E-state index in [1.54, 1.807) is 6.08 Å². The molecule has 0 radical (unpaired) electrons. The SMILES string of the molecule is O=C(NC1CC=C(C(=O)NC[C@H]2[C@@H](C(=O)O)C2(F)F)C1)OCC1c2ccccc2-c2ccccc21. The Morgan fingerprint density at radius 1 is 1.03 bits per heavy atom. The number of nitrogens with one attached hydrogen (secondary N) is 2. The highest BCUT2D eigenvalue weighted by atomic mass is 19.3. The number of alkyl carbamates (subject to hydrolysis) is 1. The van der Waals surface area contributed by atoms with Gasteiger partial charge >= 0.3 is 12.1 Å². The zero-order valence-corrected chi connectivity index (χ0v) is 18.7. The van der Waals surface area contributed by atoms with Crippen molar-refractivity contribution in [3.8, 4) is 11.1 Å². The van der Waals surface area contributed by atoms with E-state index >= 15 is 0 Å². The average Bonchev–Trinajstić information content (AvgIpc) is 3.13. The van der Waals surface area contributed by atoms with Gasteiger partial charge in [0.2, 0.25) is 5.91 Å². The van der Waals surface area contributed by atoms with Crippen molar-refractivity contribution in [1.82, 2.24) is 10.6 Å². The van der Waals surface area contributed by atoms with Crippen LogP contribution in [0.3, 0.4) is 0 Å².